The second kappa shape index (κ2) is 6.69. The van der Waals surface area contributed by atoms with Gasteiger partial charge in [0.25, 0.3) is 0 Å². The van der Waals surface area contributed by atoms with Crippen molar-refractivity contribution in [1.29, 1.82) is 0 Å². The zero-order chi connectivity index (χ0) is 13.7. The van der Waals surface area contributed by atoms with Gasteiger partial charge in [0, 0.05) is 17.6 Å². The summed E-state index contributed by atoms with van der Waals surface area (Å²) in [7, 11) is 0. The summed E-state index contributed by atoms with van der Waals surface area (Å²) in [6, 6.07) is 8.04. The summed E-state index contributed by atoms with van der Waals surface area (Å²) in [5, 5.41) is 10.8. The molecule has 0 spiro atoms. The third-order valence-electron chi connectivity index (χ3n) is 3.77. The SMILES string of the molecule is C/C=C/CCCN1CCC(O)(c2cccc(Br)c2)C1. The summed E-state index contributed by atoms with van der Waals surface area (Å²) in [4.78, 5) is 2.37. The van der Waals surface area contributed by atoms with E-state index in [4.69, 9.17) is 0 Å². The molecule has 1 aromatic rings. The van der Waals surface area contributed by atoms with Gasteiger partial charge in [-0.25, -0.2) is 0 Å². The monoisotopic (exact) mass is 323 g/mol. The first kappa shape index (κ1) is 14.8. The maximum atomic E-state index is 10.8. The number of likely N-dealkylation sites (tertiary alicyclic amines) is 1. The van der Waals surface area contributed by atoms with E-state index in [0.717, 1.165) is 42.5 Å². The van der Waals surface area contributed by atoms with Crippen LogP contribution in [0, 0.1) is 0 Å². The van der Waals surface area contributed by atoms with Crippen LogP contribution in [0.5, 0.6) is 0 Å². The van der Waals surface area contributed by atoms with Gasteiger partial charge in [0.15, 0.2) is 0 Å². The average Bonchev–Trinajstić information content (AvgIpc) is 2.78. The average molecular weight is 324 g/mol. The summed E-state index contributed by atoms with van der Waals surface area (Å²) in [6.07, 6.45) is 7.42. The molecule has 1 atom stereocenters. The second-order valence-electron chi connectivity index (χ2n) is 5.28. The fourth-order valence-corrected chi connectivity index (χ4v) is 3.07. The molecule has 2 rings (SSSR count). The lowest BCUT2D eigenvalue weighted by molar-refractivity contribution is 0.0460. The molecule has 2 nitrogen and oxygen atoms in total. The van der Waals surface area contributed by atoms with Crippen LogP contribution in [-0.2, 0) is 5.60 Å². The Labute approximate surface area is 124 Å². The van der Waals surface area contributed by atoms with Gasteiger partial charge >= 0.3 is 0 Å². The Bertz CT molecular complexity index is 446. The Kier molecular flexibility index (Phi) is 5.20. The number of unbranched alkanes of at least 4 members (excludes halogenated alkanes) is 1. The van der Waals surface area contributed by atoms with Crippen LogP contribution < -0.4 is 0 Å². The fourth-order valence-electron chi connectivity index (χ4n) is 2.67. The van der Waals surface area contributed by atoms with Crippen LogP contribution in [0.2, 0.25) is 0 Å². The van der Waals surface area contributed by atoms with Crippen molar-refractivity contribution in [2.24, 2.45) is 0 Å². The molecule has 0 aliphatic carbocycles. The van der Waals surface area contributed by atoms with Gasteiger partial charge in [-0.15, -0.1) is 0 Å². The summed E-state index contributed by atoms with van der Waals surface area (Å²) in [5.41, 5.74) is 0.350. The standard InChI is InChI=1S/C16H22BrNO/c1-2-3-4-5-10-18-11-9-16(19,13-18)14-7-6-8-15(17)12-14/h2-3,6-8,12,19H,4-5,9-11,13H2,1H3/b3-2+. The van der Waals surface area contributed by atoms with Crippen molar-refractivity contribution in [2.45, 2.75) is 31.8 Å². The van der Waals surface area contributed by atoms with Gasteiger partial charge in [-0.3, -0.25) is 4.90 Å². The molecule has 3 heteroatoms. The minimum absolute atomic E-state index is 0.676. The molecule has 0 bridgehead atoms. The van der Waals surface area contributed by atoms with E-state index in [1.54, 1.807) is 0 Å². The molecule has 1 aromatic carbocycles. The van der Waals surface area contributed by atoms with Crippen LogP contribution in [0.15, 0.2) is 40.9 Å². The zero-order valence-electron chi connectivity index (χ0n) is 11.5. The van der Waals surface area contributed by atoms with Gasteiger partial charge in [0.1, 0.15) is 5.60 Å². The maximum absolute atomic E-state index is 10.8. The molecule has 1 fully saturated rings. The lowest BCUT2D eigenvalue weighted by Gasteiger charge is -2.24. The number of aliphatic hydroxyl groups is 1. The molecule has 1 unspecified atom stereocenters. The van der Waals surface area contributed by atoms with E-state index < -0.39 is 5.60 Å². The Morgan fingerprint density at radius 2 is 2.32 bits per heavy atom. The Morgan fingerprint density at radius 3 is 3.05 bits per heavy atom. The number of hydrogen-bond acceptors (Lipinski definition) is 2. The largest absolute Gasteiger partial charge is 0.384 e. The highest BCUT2D eigenvalue weighted by Gasteiger charge is 2.37. The first-order chi connectivity index (χ1) is 9.14. The van der Waals surface area contributed by atoms with E-state index >= 15 is 0 Å². The predicted octanol–water partition coefficient (Wildman–Crippen LogP) is 3.70. The lowest BCUT2D eigenvalue weighted by atomic mass is 9.93. The topological polar surface area (TPSA) is 23.5 Å². The van der Waals surface area contributed by atoms with Gasteiger partial charge in [-0.1, -0.05) is 40.2 Å². The normalized spacial score (nSPS) is 24.4. The number of benzene rings is 1. The van der Waals surface area contributed by atoms with Crippen LogP contribution in [-0.4, -0.2) is 29.6 Å². The van der Waals surface area contributed by atoms with E-state index in [1.165, 1.54) is 6.42 Å². The van der Waals surface area contributed by atoms with Crippen LogP contribution in [0.4, 0.5) is 0 Å². The first-order valence-corrected chi connectivity index (χ1v) is 7.75. The van der Waals surface area contributed by atoms with Gasteiger partial charge in [0.2, 0.25) is 0 Å². The van der Waals surface area contributed by atoms with Crippen LogP contribution in [0.25, 0.3) is 0 Å². The maximum Gasteiger partial charge on any atom is 0.103 e. The van der Waals surface area contributed by atoms with Crippen LogP contribution in [0.3, 0.4) is 0 Å². The van der Waals surface area contributed by atoms with E-state index in [9.17, 15) is 5.11 Å². The smallest absolute Gasteiger partial charge is 0.103 e. The first-order valence-electron chi connectivity index (χ1n) is 6.96. The molecule has 1 saturated heterocycles. The third-order valence-corrected chi connectivity index (χ3v) is 4.26. The molecular weight excluding hydrogens is 302 g/mol. The second-order valence-corrected chi connectivity index (χ2v) is 6.20. The summed E-state index contributed by atoms with van der Waals surface area (Å²) >= 11 is 3.48. The highest BCUT2D eigenvalue weighted by atomic mass is 79.9. The number of nitrogens with zero attached hydrogens (tertiary/aromatic N) is 1. The van der Waals surface area contributed by atoms with E-state index in [-0.39, 0.29) is 0 Å². The number of rotatable bonds is 5. The number of hydrogen-bond donors (Lipinski definition) is 1. The number of halogens is 1. The molecule has 1 aliphatic heterocycles. The molecule has 1 heterocycles. The van der Waals surface area contributed by atoms with Crippen molar-refractivity contribution >= 4 is 15.9 Å². The molecular formula is C16H22BrNO. The van der Waals surface area contributed by atoms with Gasteiger partial charge in [0.05, 0.1) is 0 Å². The van der Waals surface area contributed by atoms with Gasteiger partial charge < -0.3 is 5.11 Å². The number of β-amino-alcohol motifs (C(OH)–C–C–N with tert-alkyl or cyclic N) is 1. The molecule has 1 N–H and O–H groups in total. The highest BCUT2D eigenvalue weighted by molar-refractivity contribution is 9.10. The lowest BCUT2D eigenvalue weighted by Crippen LogP contribution is -2.31. The van der Waals surface area contributed by atoms with E-state index in [2.05, 4.69) is 39.9 Å². The van der Waals surface area contributed by atoms with Crippen molar-refractivity contribution in [2.75, 3.05) is 19.6 Å². The third kappa shape index (κ3) is 3.91. The Balaban J connectivity index is 1.92. The Hall–Kier alpha value is -0.640. The Morgan fingerprint density at radius 1 is 1.47 bits per heavy atom. The van der Waals surface area contributed by atoms with Crippen molar-refractivity contribution in [3.8, 4) is 0 Å². The molecule has 0 aromatic heterocycles. The summed E-state index contributed by atoms with van der Waals surface area (Å²) < 4.78 is 1.03. The molecule has 19 heavy (non-hydrogen) atoms. The van der Waals surface area contributed by atoms with Crippen molar-refractivity contribution < 1.29 is 5.11 Å². The highest BCUT2D eigenvalue weighted by Crippen LogP contribution is 2.33. The number of allylic oxidation sites excluding steroid dienone is 2. The van der Waals surface area contributed by atoms with Crippen molar-refractivity contribution in [3.63, 3.8) is 0 Å². The summed E-state index contributed by atoms with van der Waals surface area (Å²) in [6.45, 7) is 4.86. The molecule has 0 saturated carbocycles. The molecule has 104 valence electrons. The zero-order valence-corrected chi connectivity index (χ0v) is 13.1. The quantitative estimate of drug-likeness (QED) is 0.659. The van der Waals surface area contributed by atoms with Crippen LogP contribution in [0.1, 0.15) is 31.7 Å². The predicted molar refractivity (Wildman–Crippen MR) is 83.1 cm³/mol. The molecule has 0 radical (unpaired) electrons. The fraction of sp³-hybridized carbons (Fsp3) is 0.500. The minimum Gasteiger partial charge on any atom is -0.384 e. The van der Waals surface area contributed by atoms with Crippen molar-refractivity contribution in [1.82, 2.24) is 4.90 Å². The van der Waals surface area contributed by atoms with Gasteiger partial charge in [-0.05, 0) is 50.4 Å². The van der Waals surface area contributed by atoms with E-state index in [1.807, 2.05) is 24.3 Å². The van der Waals surface area contributed by atoms with E-state index in [0.29, 0.717) is 0 Å². The summed E-state index contributed by atoms with van der Waals surface area (Å²) in [5.74, 6) is 0. The van der Waals surface area contributed by atoms with Crippen molar-refractivity contribution in [3.05, 3.63) is 46.5 Å². The molecule has 1 aliphatic rings. The van der Waals surface area contributed by atoms with Gasteiger partial charge in [-0.2, -0.15) is 0 Å². The van der Waals surface area contributed by atoms with Crippen LogP contribution >= 0.6 is 15.9 Å². The molecule has 0 amide bonds. The minimum atomic E-state index is -0.676.